The summed E-state index contributed by atoms with van der Waals surface area (Å²) in [5, 5.41) is 14.6. The Bertz CT molecular complexity index is 2520. The van der Waals surface area contributed by atoms with Crippen LogP contribution >= 0.6 is 0 Å². The SMILES string of the molecule is COc1ccc(-c2cc(=O)n3cc(N4CCCN(C)CC4)ccc3n2)cc1F.COc1ccc(-c2cc(=O)n3cc(N4CCNCC4)ccc3n2)cc1[N+](=O)[O-]. The zero-order valence-corrected chi connectivity index (χ0v) is 31.4. The highest BCUT2D eigenvalue weighted by atomic mass is 19.1. The molecule has 6 heterocycles. The van der Waals surface area contributed by atoms with Crippen LogP contribution in [0.5, 0.6) is 11.5 Å². The van der Waals surface area contributed by atoms with Gasteiger partial charge in [0.25, 0.3) is 11.1 Å². The standard InChI is InChI=1S/C21H23FN4O2.C19H19N5O4/c1-24-8-3-9-25(11-10-24)16-5-7-20-23-18(13-21(27)26(20)14-16)15-4-6-19(28-2)17(22)12-15;1-28-17-4-2-13(10-16(17)24(26)27)15-11-19(25)23-12-14(3-5-18(23)21-15)22-8-6-20-7-9-22/h4-7,12-14H,3,8-11H2,1-2H3;2-5,10-12,20H,6-9H2,1H3. The highest BCUT2D eigenvalue weighted by Crippen LogP contribution is 2.31. The van der Waals surface area contributed by atoms with E-state index in [4.69, 9.17) is 9.47 Å². The minimum absolute atomic E-state index is 0.159. The van der Waals surface area contributed by atoms with Crippen LogP contribution in [0.25, 0.3) is 33.8 Å². The topological polar surface area (TPSA) is 152 Å². The van der Waals surface area contributed by atoms with Gasteiger partial charge < -0.3 is 29.5 Å². The molecule has 2 aliphatic rings. The molecule has 0 unspecified atom stereocenters. The number of piperazine rings is 1. The largest absolute Gasteiger partial charge is 0.494 e. The molecule has 0 radical (unpaired) electrons. The number of rotatable bonds is 7. The number of benzene rings is 2. The lowest BCUT2D eigenvalue weighted by atomic mass is 10.1. The van der Waals surface area contributed by atoms with Crippen LogP contribution in [0.15, 0.2) is 94.8 Å². The molecule has 2 aliphatic heterocycles. The van der Waals surface area contributed by atoms with Crippen LogP contribution in [-0.2, 0) is 0 Å². The number of hydrogen-bond acceptors (Lipinski definition) is 12. The van der Waals surface area contributed by atoms with Crippen molar-refractivity contribution in [1.29, 1.82) is 0 Å². The minimum Gasteiger partial charge on any atom is -0.494 e. The molecule has 4 aromatic heterocycles. The van der Waals surface area contributed by atoms with Gasteiger partial charge in [0.15, 0.2) is 17.3 Å². The number of nitrogens with zero attached hydrogens (tertiary/aromatic N) is 8. The maximum absolute atomic E-state index is 14.0. The highest BCUT2D eigenvalue weighted by molar-refractivity contribution is 5.68. The van der Waals surface area contributed by atoms with Crippen molar-refractivity contribution in [2.24, 2.45) is 0 Å². The van der Waals surface area contributed by atoms with E-state index in [1.165, 1.54) is 55.0 Å². The smallest absolute Gasteiger partial charge is 0.311 e. The first-order chi connectivity index (χ1) is 27.1. The second-order valence-corrected chi connectivity index (χ2v) is 13.6. The van der Waals surface area contributed by atoms with Gasteiger partial charge in [-0.25, -0.2) is 14.4 Å². The van der Waals surface area contributed by atoms with E-state index >= 15 is 0 Å². The zero-order chi connectivity index (χ0) is 39.3. The van der Waals surface area contributed by atoms with Crippen LogP contribution in [0.2, 0.25) is 0 Å². The number of nitro groups is 1. The molecule has 6 aromatic rings. The molecular formula is C40H42FN9O6. The summed E-state index contributed by atoms with van der Waals surface area (Å²) >= 11 is 0. The molecule has 290 valence electrons. The number of nitro benzene ring substituents is 1. The predicted octanol–water partition coefficient (Wildman–Crippen LogP) is 4.34. The molecule has 8 rings (SSSR count). The summed E-state index contributed by atoms with van der Waals surface area (Å²) in [4.78, 5) is 52.0. The third-order valence-corrected chi connectivity index (χ3v) is 9.97. The van der Waals surface area contributed by atoms with Crippen molar-refractivity contribution in [3.63, 3.8) is 0 Å². The lowest BCUT2D eigenvalue weighted by molar-refractivity contribution is -0.385. The van der Waals surface area contributed by atoms with Gasteiger partial charge in [-0.1, -0.05) is 0 Å². The van der Waals surface area contributed by atoms with Crippen molar-refractivity contribution in [3.05, 3.63) is 122 Å². The molecule has 0 spiro atoms. The molecule has 1 N–H and O–H groups in total. The Hall–Kier alpha value is -6.39. The molecule has 0 aliphatic carbocycles. The van der Waals surface area contributed by atoms with Gasteiger partial charge >= 0.3 is 5.69 Å². The van der Waals surface area contributed by atoms with E-state index in [0.29, 0.717) is 33.8 Å². The van der Waals surface area contributed by atoms with Gasteiger partial charge in [0, 0.05) is 87.5 Å². The molecule has 56 heavy (non-hydrogen) atoms. The average Bonchev–Trinajstić information content (AvgIpc) is 3.45. The summed E-state index contributed by atoms with van der Waals surface area (Å²) in [5.74, 6) is -0.163. The number of halogens is 1. The van der Waals surface area contributed by atoms with E-state index in [-0.39, 0.29) is 28.3 Å². The fourth-order valence-corrected chi connectivity index (χ4v) is 6.90. The normalized spacial score (nSPS) is 14.9. The average molecular weight is 764 g/mol. The van der Waals surface area contributed by atoms with Gasteiger partial charge in [-0.2, -0.15) is 0 Å². The molecule has 0 bridgehead atoms. The number of nitrogens with one attached hydrogen (secondary N) is 1. The Morgan fingerprint density at radius 2 is 1.25 bits per heavy atom. The monoisotopic (exact) mass is 763 g/mol. The van der Waals surface area contributed by atoms with E-state index in [1.54, 1.807) is 28.8 Å². The first-order valence-electron chi connectivity index (χ1n) is 18.2. The summed E-state index contributed by atoms with van der Waals surface area (Å²) in [7, 11) is 4.92. The Kier molecular flexibility index (Phi) is 11.2. The summed E-state index contributed by atoms with van der Waals surface area (Å²) in [5.41, 5.74) is 4.24. The van der Waals surface area contributed by atoms with Gasteiger partial charge in [0.05, 0.1) is 41.9 Å². The maximum atomic E-state index is 14.0. The number of fused-ring (bicyclic) bond motifs is 2. The number of hydrogen-bond donors (Lipinski definition) is 1. The van der Waals surface area contributed by atoms with Crippen LogP contribution in [0, 0.1) is 15.9 Å². The Morgan fingerprint density at radius 1 is 0.696 bits per heavy atom. The molecule has 15 nitrogen and oxygen atoms in total. The first-order valence-corrected chi connectivity index (χ1v) is 18.2. The van der Waals surface area contributed by atoms with Crippen molar-refractivity contribution in [3.8, 4) is 34.0 Å². The van der Waals surface area contributed by atoms with Crippen molar-refractivity contribution < 1.29 is 18.8 Å². The van der Waals surface area contributed by atoms with Crippen LogP contribution in [-0.4, -0.2) is 102 Å². The number of pyridine rings is 2. The molecular weight excluding hydrogens is 721 g/mol. The van der Waals surface area contributed by atoms with E-state index in [2.05, 4.69) is 37.0 Å². The van der Waals surface area contributed by atoms with Crippen LogP contribution < -0.4 is 35.7 Å². The molecule has 0 amide bonds. The molecule has 16 heteroatoms. The summed E-state index contributed by atoms with van der Waals surface area (Å²) in [6.07, 6.45) is 4.72. The van der Waals surface area contributed by atoms with Gasteiger partial charge in [0.2, 0.25) is 0 Å². The number of anilines is 2. The van der Waals surface area contributed by atoms with Crippen LogP contribution in [0.4, 0.5) is 21.5 Å². The second kappa shape index (κ2) is 16.5. The minimum atomic E-state index is -0.518. The van der Waals surface area contributed by atoms with Crippen molar-refractivity contribution >= 4 is 28.4 Å². The number of aromatic nitrogens is 4. The van der Waals surface area contributed by atoms with Crippen LogP contribution in [0.3, 0.4) is 0 Å². The van der Waals surface area contributed by atoms with Gasteiger partial charge in [-0.05, 0) is 74.6 Å². The third kappa shape index (κ3) is 8.16. The summed E-state index contributed by atoms with van der Waals surface area (Å²) < 4.78 is 27.0. The zero-order valence-electron chi connectivity index (χ0n) is 31.4. The fourth-order valence-electron chi connectivity index (χ4n) is 6.90. The number of methoxy groups -OCH3 is 2. The van der Waals surface area contributed by atoms with Gasteiger partial charge in [-0.15, -0.1) is 0 Å². The molecule has 2 fully saturated rings. The number of ether oxygens (including phenoxy) is 2. The summed E-state index contributed by atoms with van der Waals surface area (Å²) in [6, 6.07) is 19.5. The molecule has 0 atom stereocenters. The molecule has 0 saturated carbocycles. The van der Waals surface area contributed by atoms with Crippen molar-refractivity contribution in [1.82, 2.24) is 29.0 Å². The Morgan fingerprint density at radius 3 is 1.80 bits per heavy atom. The molecule has 2 aromatic carbocycles. The lowest BCUT2D eigenvalue weighted by Crippen LogP contribution is -2.43. The first kappa shape index (κ1) is 37.9. The summed E-state index contributed by atoms with van der Waals surface area (Å²) in [6.45, 7) is 7.51. The fraction of sp³-hybridized carbons (Fsp3) is 0.300. The Labute approximate surface area is 321 Å². The second-order valence-electron chi connectivity index (χ2n) is 13.6. The Balaban J connectivity index is 0.000000172. The van der Waals surface area contributed by atoms with E-state index < -0.39 is 10.7 Å². The van der Waals surface area contributed by atoms with Gasteiger partial charge in [-0.3, -0.25) is 28.5 Å². The van der Waals surface area contributed by atoms with Crippen LogP contribution in [0.1, 0.15) is 6.42 Å². The predicted molar refractivity (Wildman–Crippen MR) is 213 cm³/mol. The number of likely N-dealkylation sites (N-methyl/N-ethyl adjacent to an activating group) is 1. The van der Waals surface area contributed by atoms with E-state index in [1.807, 2.05) is 24.4 Å². The van der Waals surface area contributed by atoms with Gasteiger partial charge in [0.1, 0.15) is 11.3 Å². The third-order valence-electron chi connectivity index (χ3n) is 9.97. The van der Waals surface area contributed by atoms with Crippen molar-refractivity contribution in [2.75, 3.05) is 83.4 Å². The van der Waals surface area contributed by atoms with E-state index in [9.17, 15) is 24.1 Å². The van der Waals surface area contributed by atoms with Crippen molar-refractivity contribution in [2.45, 2.75) is 6.42 Å². The lowest BCUT2D eigenvalue weighted by Gasteiger charge is -2.29. The highest BCUT2D eigenvalue weighted by Gasteiger charge is 2.19. The molecule has 2 saturated heterocycles. The van der Waals surface area contributed by atoms with E-state index in [0.717, 1.165) is 70.2 Å². The quantitative estimate of drug-likeness (QED) is 0.182. The maximum Gasteiger partial charge on any atom is 0.311 e.